The molecule has 5 aromatic carbocycles. The Morgan fingerprint density at radius 1 is 0.636 bits per heavy atom. The molecule has 0 saturated heterocycles. The van der Waals surface area contributed by atoms with E-state index >= 15 is 0 Å². The molecule has 0 fully saturated rings. The Labute approximate surface area is 389 Å². The summed E-state index contributed by atoms with van der Waals surface area (Å²) in [6.07, 6.45) is 2.43. The number of fused-ring (bicyclic) bond motifs is 3. The van der Waals surface area contributed by atoms with E-state index in [1.54, 1.807) is 38.4 Å². The van der Waals surface area contributed by atoms with E-state index in [0.29, 0.717) is 5.56 Å². The lowest BCUT2D eigenvalue weighted by atomic mass is 9.84. The van der Waals surface area contributed by atoms with Crippen LogP contribution in [0.4, 0.5) is 4.79 Å². The molecule has 0 aliphatic heterocycles. The van der Waals surface area contributed by atoms with E-state index in [1.807, 2.05) is 127 Å². The highest BCUT2D eigenvalue weighted by atomic mass is 32.2. The minimum absolute atomic E-state index is 0.00933. The summed E-state index contributed by atoms with van der Waals surface area (Å²) >= 11 is 1.45. The van der Waals surface area contributed by atoms with Crippen LogP contribution in [0, 0.1) is 5.92 Å². The second-order valence-corrected chi connectivity index (χ2v) is 17.5. The van der Waals surface area contributed by atoms with Crippen LogP contribution in [-0.2, 0) is 39.8 Å². The van der Waals surface area contributed by atoms with Crippen LogP contribution in [0.25, 0.3) is 11.1 Å². The van der Waals surface area contributed by atoms with E-state index < -0.39 is 65.1 Å². The largest absolute Gasteiger partial charge is 0.468 e. The van der Waals surface area contributed by atoms with Gasteiger partial charge >= 0.3 is 12.1 Å². The predicted molar refractivity (Wildman–Crippen MR) is 255 cm³/mol. The highest BCUT2D eigenvalue weighted by Gasteiger charge is 2.40. The zero-order chi connectivity index (χ0) is 46.5. The number of nitrogens with one attached hydrogen (secondary N) is 4. The minimum atomic E-state index is -1.26. The van der Waals surface area contributed by atoms with E-state index in [9.17, 15) is 24.0 Å². The molecule has 0 saturated carbocycles. The number of nitrogens with zero attached hydrogens (tertiary/aromatic N) is 1. The smallest absolute Gasteiger partial charge is 0.407 e. The Bertz CT molecular complexity index is 2460. The molecule has 3 atom stereocenters. The van der Waals surface area contributed by atoms with Gasteiger partial charge in [0.2, 0.25) is 17.7 Å². The van der Waals surface area contributed by atoms with Crippen molar-refractivity contribution >= 4 is 41.5 Å². The number of thioether (sulfide) groups is 1. The van der Waals surface area contributed by atoms with E-state index in [4.69, 9.17) is 9.47 Å². The normalized spacial score (nSPS) is 13.3. The fraction of sp³-hybridized carbons (Fsp3) is 0.245. The topological polar surface area (TPSA) is 165 Å². The van der Waals surface area contributed by atoms with Crippen LogP contribution in [0.1, 0.15) is 53.1 Å². The SMILES string of the molecule is COC(=O)CNC(=O)C(NC(=O)C(CSC(c1ccccc1)(c1ccccc1)c1ccccc1)NC(=O)C(Cc1cccnc1)NC(=O)OCC1c2ccccc2-c2ccccc21)C(C)C. The van der Waals surface area contributed by atoms with Gasteiger partial charge in [-0.1, -0.05) is 159 Å². The number of rotatable bonds is 19. The Balaban J connectivity index is 1.20. The first-order chi connectivity index (χ1) is 32.1. The summed E-state index contributed by atoms with van der Waals surface area (Å²) in [4.78, 5) is 73.0. The Morgan fingerprint density at radius 3 is 1.68 bits per heavy atom. The van der Waals surface area contributed by atoms with E-state index in [1.165, 1.54) is 18.9 Å². The monoisotopic (exact) mass is 903 g/mol. The number of carbonyl (C=O) groups is 5. The van der Waals surface area contributed by atoms with Crippen LogP contribution >= 0.6 is 11.8 Å². The summed E-state index contributed by atoms with van der Waals surface area (Å²) in [5.41, 5.74) is 7.71. The second-order valence-electron chi connectivity index (χ2n) is 16.3. The molecule has 12 nitrogen and oxygen atoms in total. The van der Waals surface area contributed by atoms with Crippen LogP contribution in [0.3, 0.4) is 0 Å². The molecule has 13 heteroatoms. The molecule has 66 heavy (non-hydrogen) atoms. The van der Waals surface area contributed by atoms with Gasteiger partial charge in [0.05, 0.1) is 11.9 Å². The van der Waals surface area contributed by atoms with Crippen LogP contribution < -0.4 is 21.3 Å². The molecule has 0 bridgehead atoms. The average Bonchev–Trinajstić information content (AvgIpc) is 3.68. The number of esters is 1. The molecule has 1 aromatic heterocycles. The maximum atomic E-state index is 14.8. The molecule has 6 aromatic rings. The highest BCUT2D eigenvalue weighted by molar-refractivity contribution is 8.00. The van der Waals surface area contributed by atoms with E-state index in [-0.39, 0.29) is 24.7 Å². The zero-order valence-electron chi connectivity index (χ0n) is 37.0. The van der Waals surface area contributed by atoms with Crippen molar-refractivity contribution in [1.82, 2.24) is 26.3 Å². The number of benzene rings is 5. The van der Waals surface area contributed by atoms with Crippen molar-refractivity contribution in [3.8, 4) is 11.1 Å². The Kier molecular flexibility index (Phi) is 15.6. The summed E-state index contributed by atoms with van der Waals surface area (Å²) in [7, 11) is 1.21. The Hall–Kier alpha value is -7.25. The molecule has 0 spiro atoms. The zero-order valence-corrected chi connectivity index (χ0v) is 37.8. The molecular formula is C53H53N5O7S. The minimum Gasteiger partial charge on any atom is -0.468 e. The summed E-state index contributed by atoms with van der Waals surface area (Å²) in [5.74, 6) is -3.17. The molecule has 1 heterocycles. The number of amides is 4. The lowest BCUT2D eigenvalue weighted by molar-refractivity contribution is -0.141. The molecule has 3 unspecified atom stereocenters. The van der Waals surface area contributed by atoms with Crippen molar-refractivity contribution in [2.45, 2.75) is 49.1 Å². The average molecular weight is 904 g/mol. The third-order valence-electron chi connectivity index (χ3n) is 11.6. The quantitative estimate of drug-likeness (QED) is 0.0488. The third-order valence-corrected chi connectivity index (χ3v) is 13.3. The summed E-state index contributed by atoms with van der Waals surface area (Å²) in [6, 6.07) is 45.8. The second kappa shape index (κ2) is 22.1. The lowest BCUT2D eigenvalue weighted by Gasteiger charge is -2.37. The van der Waals surface area contributed by atoms with Crippen LogP contribution in [0.15, 0.2) is 164 Å². The summed E-state index contributed by atoms with van der Waals surface area (Å²) in [5, 5.41) is 11.2. The first-order valence-electron chi connectivity index (χ1n) is 21.8. The van der Waals surface area contributed by atoms with Gasteiger partial charge in [0, 0.05) is 30.5 Å². The fourth-order valence-electron chi connectivity index (χ4n) is 8.31. The number of alkyl carbamates (subject to hydrolysis) is 1. The number of pyridine rings is 1. The Morgan fingerprint density at radius 2 is 1.17 bits per heavy atom. The van der Waals surface area contributed by atoms with Crippen molar-refractivity contribution in [1.29, 1.82) is 0 Å². The van der Waals surface area contributed by atoms with Crippen LogP contribution in [0.2, 0.25) is 0 Å². The maximum absolute atomic E-state index is 14.8. The van der Waals surface area contributed by atoms with Gasteiger partial charge in [-0.15, -0.1) is 11.8 Å². The molecule has 4 N–H and O–H groups in total. The van der Waals surface area contributed by atoms with Gasteiger partial charge in [0.15, 0.2) is 0 Å². The molecule has 7 rings (SSSR count). The van der Waals surface area contributed by atoms with Crippen molar-refractivity contribution in [3.63, 3.8) is 0 Å². The van der Waals surface area contributed by atoms with Crippen molar-refractivity contribution in [2.24, 2.45) is 5.92 Å². The van der Waals surface area contributed by atoms with Gasteiger partial charge in [0.1, 0.15) is 31.3 Å². The van der Waals surface area contributed by atoms with Gasteiger partial charge in [-0.25, -0.2) is 4.79 Å². The van der Waals surface area contributed by atoms with Gasteiger partial charge in [-0.05, 0) is 56.5 Å². The van der Waals surface area contributed by atoms with Gasteiger partial charge in [-0.2, -0.15) is 0 Å². The molecule has 338 valence electrons. The van der Waals surface area contributed by atoms with Crippen LogP contribution in [-0.4, -0.2) is 78.9 Å². The van der Waals surface area contributed by atoms with Gasteiger partial charge in [0.25, 0.3) is 0 Å². The predicted octanol–water partition coefficient (Wildman–Crippen LogP) is 7.17. The third kappa shape index (κ3) is 11.0. The number of aromatic nitrogens is 1. The number of ether oxygens (including phenoxy) is 2. The standard InChI is InChI=1S/C53H53N5O7S/c1-35(2)48(51(62)55-32-47(59)64-3)58-50(61)46(34-66-53(37-19-7-4-8-20-37,38-21-9-5-10-22-38)39-23-11-6-12-24-39)56-49(60)45(30-36-18-17-29-54-31-36)57-52(63)65-33-44-42-27-15-13-25-40(42)41-26-14-16-28-43(41)44/h4-29,31,35,44-46,48H,30,32-34H2,1-3H3,(H,55,62)(H,56,60)(H,57,63)(H,58,61). The van der Waals surface area contributed by atoms with Crippen molar-refractivity contribution < 1.29 is 33.4 Å². The van der Waals surface area contributed by atoms with Gasteiger partial charge < -0.3 is 30.7 Å². The molecular weight excluding hydrogens is 851 g/mol. The number of hydrogen-bond acceptors (Lipinski definition) is 9. The first kappa shape index (κ1) is 46.7. The molecule has 1 aliphatic carbocycles. The van der Waals surface area contributed by atoms with Crippen molar-refractivity contribution in [2.75, 3.05) is 26.0 Å². The maximum Gasteiger partial charge on any atom is 0.407 e. The number of hydrogen-bond donors (Lipinski definition) is 4. The van der Waals surface area contributed by atoms with E-state index in [0.717, 1.165) is 38.9 Å². The highest BCUT2D eigenvalue weighted by Crippen LogP contribution is 2.49. The first-order valence-corrected chi connectivity index (χ1v) is 22.8. The lowest BCUT2D eigenvalue weighted by Crippen LogP contribution is -2.59. The number of carbonyl (C=O) groups excluding carboxylic acids is 5. The molecule has 1 aliphatic rings. The summed E-state index contributed by atoms with van der Waals surface area (Å²) < 4.78 is 9.72. The number of methoxy groups -OCH3 is 1. The fourth-order valence-corrected chi connectivity index (χ4v) is 9.87. The molecule has 4 amide bonds. The van der Waals surface area contributed by atoms with Crippen LogP contribution in [0.5, 0.6) is 0 Å². The van der Waals surface area contributed by atoms with Crippen molar-refractivity contribution in [3.05, 3.63) is 197 Å². The molecule has 0 radical (unpaired) electrons. The van der Waals surface area contributed by atoms with E-state index in [2.05, 4.69) is 38.4 Å². The van der Waals surface area contributed by atoms with Gasteiger partial charge in [-0.3, -0.25) is 24.2 Å². The summed E-state index contributed by atoms with van der Waals surface area (Å²) in [6.45, 7) is 3.16.